The van der Waals surface area contributed by atoms with Gasteiger partial charge >= 0.3 is 0 Å². The van der Waals surface area contributed by atoms with Gasteiger partial charge in [0.1, 0.15) is 10.7 Å². The highest BCUT2D eigenvalue weighted by Gasteiger charge is 2.36. The number of amidine groups is 1. The zero-order valence-corrected chi connectivity index (χ0v) is 17.6. The molecule has 4 rings (SSSR count). The summed E-state index contributed by atoms with van der Waals surface area (Å²) in [5, 5.41) is 3.95. The zero-order chi connectivity index (χ0) is 20.8. The summed E-state index contributed by atoms with van der Waals surface area (Å²) in [4.78, 5) is 16.9. The summed E-state index contributed by atoms with van der Waals surface area (Å²) in [6.45, 7) is 5.27. The summed E-state index contributed by atoms with van der Waals surface area (Å²) >= 11 is 0. The molecule has 0 N–H and O–H groups in total. The van der Waals surface area contributed by atoms with E-state index in [1.54, 1.807) is 36.2 Å². The van der Waals surface area contributed by atoms with Crippen molar-refractivity contribution in [1.29, 1.82) is 0 Å². The average Bonchev–Trinajstić information content (AvgIpc) is 3.18. The maximum Gasteiger partial charge on any atom is 0.285 e. The van der Waals surface area contributed by atoms with E-state index in [-0.39, 0.29) is 16.7 Å². The van der Waals surface area contributed by atoms with E-state index >= 15 is 0 Å². The topological polar surface area (TPSA) is 96.1 Å². The number of benzene rings is 1. The third-order valence-electron chi connectivity index (χ3n) is 5.64. The van der Waals surface area contributed by atoms with Crippen LogP contribution < -0.4 is 0 Å². The maximum absolute atomic E-state index is 13.1. The molecule has 9 heteroatoms. The Hall–Kier alpha value is -2.68. The summed E-state index contributed by atoms with van der Waals surface area (Å²) in [5.41, 5.74) is 2.33. The van der Waals surface area contributed by atoms with Gasteiger partial charge in [-0.15, -0.1) is 4.40 Å². The van der Waals surface area contributed by atoms with Gasteiger partial charge in [0.2, 0.25) is 5.91 Å². The number of rotatable bonds is 3. The van der Waals surface area contributed by atoms with Crippen molar-refractivity contribution in [1.82, 2.24) is 15.0 Å². The summed E-state index contributed by atoms with van der Waals surface area (Å²) in [5.74, 6) is 0.984. The number of carbonyl (C=O) groups is 1. The summed E-state index contributed by atoms with van der Waals surface area (Å²) in [6.07, 6.45) is 1.57. The molecule has 0 bridgehead atoms. The molecule has 3 heterocycles. The molecule has 1 saturated heterocycles. The van der Waals surface area contributed by atoms with Crippen molar-refractivity contribution in [3.05, 3.63) is 46.8 Å². The molecule has 1 aromatic carbocycles. The van der Waals surface area contributed by atoms with Crippen LogP contribution in [0, 0.1) is 19.8 Å². The number of amides is 1. The molecule has 0 saturated carbocycles. The number of piperidine rings is 1. The van der Waals surface area contributed by atoms with Gasteiger partial charge in [0, 0.05) is 31.3 Å². The highest BCUT2D eigenvalue weighted by molar-refractivity contribution is 7.90. The molecule has 0 radical (unpaired) electrons. The molecule has 0 aliphatic carbocycles. The van der Waals surface area contributed by atoms with Gasteiger partial charge in [-0.25, -0.2) is 0 Å². The lowest BCUT2D eigenvalue weighted by atomic mass is 9.95. The molecule has 29 heavy (non-hydrogen) atoms. The number of likely N-dealkylation sites (tertiary alicyclic amines) is 1. The normalized spacial score (nSPS) is 20.3. The van der Waals surface area contributed by atoms with Crippen LogP contribution in [0.1, 0.15) is 35.4 Å². The van der Waals surface area contributed by atoms with Crippen molar-refractivity contribution < 1.29 is 17.7 Å². The van der Waals surface area contributed by atoms with Crippen molar-refractivity contribution in [3.8, 4) is 0 Å². The second kappa shape index (κ2) is 7.29. The predicted molar refractivity (Wildman–Crippen MR) is 107 cm³/mol. The fourth-order valence-electron chi connectivity index (χ4n) is 4.04. The lowest BCUT2D eigenvalue weighted by molar-refractivity contribution is -0.136. The van der Waals surface area contributed by atoms with E-state index in [0.717, 1.165) is 29.9 Å². The molecule has 8 nitrogen and oxygen atoms in total. The van der Waals surface area contributed by atoms with E-state index < -0.39 is 10.0 Å². The van der Waals surface area contributed by atoms with Crippen LogP contribution in [0.15, 0.2) is 38.1 Å². The largest absolute Gasteiger partial charge is 0.361 e. The number of aromatic nitrogens is 1. The van der Waals surface area contributed by atoms with Crippen LogP contribution in [0.5, 0.6) is 0 Å². The van der Waals surface area contributed by atoms with Crippen molar-refractivity contribution in [2.45, 2.75) is 38.1 Å². The first-order valence-corrected chi connectivity index (χ1v) is 11.1. The first-order chi connectivity index (χ1) is 13.8. The third-order valence-corrected chi connectivity index (χ3v) is 6.96. The lowest BCUT2D eigenvalue weighted by Gasteiger charge is -2.35. The predicted octanol–water partition coefficient (Wildman–Crippen LogP) is 2.11. The van der Waals surface area contributed by atoms with Gasteiger partial charge in [-0.05, 0) is 38.8 Å². The first-order valence-electron chi connectivity index (χ1n) is 9.64. The van der Waals surface area contributed by atoms with E-state index in [0.29, 0.717) is 31.0 Å². The van der Waals surface area contributed by atoms with Crippen molar-refractivity contribution in [2.75, 3.05) is 20.1 Å². The molecular formula is C20H24N4O4S. The lowest BCUT2D eigenvalue weighted by Crippen LogP contribution is -2.45. The maximum atomic E-state index is 13.1. The minimum absolute atomic E-state index is 0.0319. The summed E-state index contributed by atoms with van der Waals surface area (Å²) < 4.78 is 33.9. The van der Waals surface area contributed by atoms with E-state index in [2.05, 4.69) is 9.55 Å². The molecule has 154 valence electrons. The van der Waals surface area contributed by atoms with Gasteiger partial charge < -0.3 is 14.3 Å². The van der Waals surface area contributed by atoms with E-state index in [1.807, 2.05) is 18.7 Å². The van der Waals surface area contributed by atoms with Crippen molar-refractivity contribution >= 4 is 21.8 Å². The van der Waals surface area contributed by atoms with E-state index in [9.17, 15) is 13.2 Å². The summed E-state index contributed by atoms with van der Waals surface area (Å²) in [7, 11) is -1.89. The molecule has 2 aliphatic heterocycles. The van der Waals surface area contributed by atoms with Crippen LogP contribution in [-0.4, -0.2) is 55.3 Å². The molecule has 2 aliphatic rings. The minimum Gasteiger partial charge on any atom is -0.361 e. The van der Waals surface area contributed by atoms with Crippen molar-refractivity contribution in [3.63, 3.8) is 0 Å². The standard InChI is InChI=1S/C20H24N4O4S/c1-13-17(14(2)28-21-13)12-23(3)20(25)15-7-6-10-24(11-15)19-16-8-4-5-9-18(16)29(26,27)22-19/h4-5,8-9,15H,6-7,10-12H2,1-3H3. The molecule has 1 unspecified atom stereocenters. The molecular weight excluding hydrogens is 392 g/mol. The van der Waals surface area contributed by atoms with Crippen LogP contribution in [-0.2, 0) is 21.4 Å². The Labute approximate surface area is 170 Å². The van der Waals surface area contributed by atoms with Crippen molar-refractivity contribution in [2.24, 2.45) is 10.3 Å². The average molecular weight is 417 g/mol. The quantitative estimate of drug-likeness (QED) is 0.760. The number of sulfonamides is 1. The number of carbonyl (C=O) groups excluding carboxylic acids is 1. The van der Waals surface area contributed by atoms with Gasteiger partial charge in [-0.3, -0.25) is 4.79 Å². The smallest absolute Gasteiger partial charge is 0.285 e. The SMILES string of the molecule is Cc1noc(C)c1CN(C)C(=O)C1CCCN(C2=NS(=O)(=O)c3ccccc32)C1. The Morgan fingerprint density at radius 2 is 2.07 bits per heavy atom. The van der Waals surface area contributed by atoms with E-state index in [4.69, 9.17) is 4.52 Å². The zero-order valence-electron chi connectivity index (χ0n) is 16.8. The van der Waals surface area contributed by atoms with Crippen LogP contribution in [0.25, 0.3) is 0 Å². The second-order valence-corrected chi connectivity index (χ2v) is 9.24. The monoisotopic (exact) mass is 416 g/mol. The Morgan fingerprint density at radius 3 is 2.79 bits per heavy atom. The van der Waals surface area contributed by atoms with Gasteiger partial charge in [-0.1, -0.05) is 17.3 Å². The van der Waals surface area contributed by atoms with Gasteiger partial charge in [0.05, 0.1) is 18.2 Å². The third kappa shape index (κ3) is 3.55. The Balaban J connectivity index is 1.51. The number of aryl methyl sites for hydroxylation is 2. The summed E-state index contributed by atoms with van der Waals surface area (Å²) in [6, 6.07) is 6.85. The number of nitrogens with zero attached hydrogens (tertiary/aromatic N) is 4. The van der Waals surface area contributed by atoms with Crippen LogP contribution >= 0.6 is 0 Å². The fourth-order valence-corrected chi connectivity index (χ4v) is 5.27. The van der Waals surface area contributed by atoms with Crippen LogP contribution in [0.2, 0.25) is 0 Å². The van der Waals surface area contributed by atoms with Crippen LogP contribution in [0.3, 0.4) is 0 Å². The molecule has 1 amide bonds. The van der Waals surface area contributed by atoms with Crippen LogP contribution in [0.4, 0.5) is 0 Å². The van der Waals surface area contributed by atoms with Gasteiger partial charge in [0.25, 0.3) is 10.0 Å². The molecule has 0 spiro atoms. The van der Waals surface area contributed by atoms with E-state index in [1.165, 1.54) is 0 Å². The Kier molecular flexibility index (Phi) is 4.94. The number of fused-ring (bicyclic) bond motifs is 1. The molecule has 1 fully saturated rings. The second-order valence-electron chi connectivity index (χ2n) is 7.67. The Morgan fingerprint density at radius 1 is 1.31 bits per heavy atom. The molecule has 2 aromatic rings. The fraction of sp³-hybridized carbons (Fsp3) is 0.450. The highest BCUT2D eigenvalue weighted by Crippen LogP contribution is 2.30. The minimum atomic E-state index is -3.67. The molecule has 1 atom stereocenters. The first kappa shape index (κ1) is 19.6. The van der Waals surface area contributed by atoms with Gasteiger partial charge in [0.15, 0.2) is 5.84 Å². The Bertz CT molecular complexity index is 1070. The van der Waals surface area contributed by atoms with Gasteiger partial charge in [-0.2, -0.15) is 8.42 Å². The number of hydrogen-bond donors (Lipinski definition) is 0. The number of hydrogen-bond acceptors (Lipinski definition) is 6. The molecule has 1 aromatic heterocycles. The highest BCUT2D eigenvalue weighted by atomic mass is 32.2.